The summed E-state index contributed by atoms with van der Waals surface area (Å²) >= 11 is 1.87. The molecule has 1 unspecified atom stereocenters. The number of hydrogen-bond donors (Lipinski definition) is 2. The zero-order chi connectivity index (χ0) is 46.3. The van der Waals surface area contributed by atoms with Gasteiger partial charge < -0.3 is 11.1 Å². The summed E-state index contributed by atoms with van der Waals surface area (Å²) in [4.78, 5) is 1.49. The lowest BCUT2D eigenvalue weighted by atomic mass is 9.80. The fraction of sp³-hybridized carbons (Fsp3) is 0.750. The predicted molar refractivity (Wildman–Crippen MR) is 256 cm³/mol. The second-order valence-corrected chi connectivity index (χ2v) is 16.5. The normalized spacial score (nSPS) is 10.9. The van der Waals surface area contributed by atoms with Crippen molar-refractivity contribution in [2.75, 3.05) is 11.1 Å². The van der Waals surface area contributed by atoms with Crippen LogP contribution in [-0.4, -0.2) is 11.7 Å². The zero-order valence-electron chi connectivity index (χ0n) is 40.0. The molecule has 2 aromatic rings. The van der Waals surface area contributed by atoms with Crippen molar-refractivity contribution in [1.82, 2.24) is 0 Å². The van der Waals surface area contributed by atoms with Gasteiger partial charge in [0.2, 0.25) is 0 Å². The first-order valence-electron chi connectivity index (χ1n) is 22.5. The van der Waals surface area contributed by atoms with Gasteiger partial charge in [0, 0.05) is 16.6 Å². The summed E-state index contributed by atoms with van der Waals surface area (Å²) in [6.45, 7) is 33.6. The summed E-state index contributed by atoms with van der Waals surface area (Å²) in [5, 5.41) is 5.88. The van der Waals surface area contributed by atoms with Crippen LogP contribution in [0.1, 0.15) is 209 Å². The van der Waals surface area contributed by atoms with Crippen molar-refractivity contribution in [2.24, 2.45) is 11.8 Å². The molecule has 1 atom stereocenters. The summed E-state index contributed by atoms with van der Waals surface area (Å²) < 4.78 is 74.1. The molecule has 10 heteroatoms. The van der Waals surface area contributed by atoms with E-state index >= 15 is 0 Å². The van der Waals surface area contributed by atoms with Crippen LogP contribution in [0.3, 0.4) is 0 Å². The zero-order valence-corrected chi connectivity index (χ0v) is 42.0. The first-order valence-corrected chi connectivity index (χ1v) is 24.1. The number of alkyl halides is 6. The number of halogens is 6. The van der Waals surface area contributed by atoms with Crippen molar-refractivity contribution in [3.63, 3.8) is 0 Å². The maximum atomic E-state index is 12.3. The molecule has 3 N–H and O–H groups in total. The first kappa shape index (κ1) is 65.4. The van der Waals surface area contributed by atoms with Crippen LogP contribution in [0.25, 0.3) is 0 Å². The van der Waals surface area contributed by atoms with E-state index in [-0.39, 0.29) is 5.56 Å². The van der Waals surface area contributed by atoms with Crippen molar-refractivity contribution in [3.05, 3.63) is 57.3 Å². The number of hydrogen-bond acceptors (Lipinski definition) is 3. The Morgan fingerprint density at radius 3 is 1.28 bits per heavy atom. The van der Waals surface area contributed by atoms with Crippen molar-refractivity contribution in [1.29, 1.82) is 0 Å². The smallest absolute Gasteiger partial charge is 0.398 e. The molecule has 0 saturated carbocycles. The van der Waals surface area contributed by atoms with Crippen LogP contribution in [-0.2, 0) is 18.8 Å². The summed E-state index contributed by atoms with van der Waals surface area (Å²) in [6.07, 6.45) is 13.1. The van der Waals surface area contributed by atoms with Crippen LogP contribution < -0.4 is 11.1 Å². The Labute approximate surface area is 362 Å². The molecular weight excluding hydrogens is 782 g/mol. The molecule has 2 nitrogen and oxygen atoms in total. The largest absolute Gasteiger partial charge is 0.418 e. The predicted octanol–water partition coefficient (Wildman–Crippen LogP) is 19.0. The van der Waals surface area contributed by atoms with E-state index in [1.165, 1.54) is 87.6 Å². The molecule has 346 valence electrons. The molecule has 0 aliphatic heterocycles. The Morgan fingerprint density at radius 1 is 0.690 bits per heavy atom. The molecule has 1 heterocycles. The van der Waals surface area contributed by atoms with E-state index in [1.807, 2.05) is 46.0 Å². The van der Waals surface area contributed by atoms with Crippen molar-refractivity contribution < 1.29 is 26.3 Å². The van der Waals surface area contributed by atoms with E-state index in [0.29, 0.717) is 18.2 Å². The minimum Gasteiger partial charge on any atom is -0.398 e. The summed E-state index contributed by atoms with van der Waals surface area (Å²) in [6, 6.07) is 4.07. The lowest BCUT2D eigenvalue weighted by Crippen LogP contribution is -2.19. The van der Waals surface area contributed by atoms with Gasteiger partial charge in [-0.25, -0.2) is 0 Å². The topological polar surface area (TPSA) is 38.0 Å². The third kappa shape index (κ3) is 35.1. The van der Waals surface area contributed by atoms with Gasteiger partial charge in [0.05, 0.1) is 16.8 Å². The average molecular weight is 873 g/mol. The van der Waals surface area contributed by atoms with Gasteiger partial charge in [0.1, 0.15) is 0 Å². The molecule has 0 aliphatic rings. The maximum absolute atomic E-state index is 12.3. The van der Waals surface area contributed by atoms with E-state index in [0.717, 1.165) is 37.3 Å². The molecule has 0 fully saturated rings. The third-order valence-corrected chi connectivity index (χ3v) is 9.48. The second-order valence-electron chi connectivity index (χ2n) is 14.2. The third-order valence-electron chi connectivity index (χ3n) is 8.41. The summed E-state index contributed by atoms with van der Waals surface area (Å²) in [7, 11) is 2.66. The van der Waals surface area contributed by atoms with Gasteiger partial charge in [-0.3, -0.25) is 0 Å². The summed E-state index contributed by atoms with van der Waals surface area (Å²) in [5.41, 5.74) is 2.66. The monoisotopic (exact) mass is 873 g/mol. The van der Waals surface area contributed by atoms with Crippen LogP contribution in [0.4, 0.5) is 37.7 Å². The maximum Gasteiger partial charge on any atom is 0.418 e. The van der Waals surface area contributed by atoms with Crippen molar-refractivity contribution in [2.45, 2.75) is 225 Å². The molecule has 1 aromatic carbocycles. The Kier molecular flexibility index (Phi) is 47.3. The fourth-order valence-corrected chi connectivity index (χ4v) is 6.95. The number of anilines is 2. The van der Waals surface area contributed by atoms with Gasteiger partial charge in [-0.2, -0.15) is 26.3 Å². The van der Waals surface area contributed by atoms with Gasteiger partial charge >= 0.3 is 12.4 Å². The Balaban J connectivity index is -0.000000211. The van der Waals surface area contributed by atoms with Crippen LogP contribution in [0.5, 0.6) is 0 Å². The number of nitrogen functional groups attached to an aromatic ring is 1. The van der Waals surface area contributed by atoms with Crippen LogP contribution in [0.2, 0.25) is 0 Å². The number of nitrogens with two attached hydrogens (primary N) is 1. The van der Waals surface area contributed by atoms with Crippen LogP contribution in [0.15, 0.2) is 35.7 Å². The van der Waals surface area contributed by atoms with Crippen molar-refractivity contribution in [3.8, 4) is 0 Å². The number of aryl methyl sites for hydroxylation is 2. The molecular formula is C48H91F6N2PS. The number of allylic oxidation sites excluding steroid dienone is 2. The first-order chi connectivity index (χ1) is 27.3. The molecule has 0 saturated heterocycles. The molecule has 0 spiro atoms. The quantitative estimate of drug-likeness (QED) is 0.0719. The van der Waals surface area contributed by atoms with Crippen molar-refractivity contribution >= 4 is 32.0 Å². The van der Waals surface area contributed by atoms with Gasteiger partial charge in [-0.15, -0.1) is 20.6 Å². The Hall–Kier alpha value is -1.73. The highest BCUT2D eigenvalue weighted by molar-refractivity contribution is 7.17. The molecule has 0 radical (unpaired) electrons. The minimum atomic E-state index is -4.89. The van der Waals surface area contributed by atoms with Gasteiger partial charge in [-0.05, 0) is 86.2 Å². The van der Waals surface area contributed by atoms with Gasteiger partial charge in [0.15, 0.2) is 0 Å². The van der Waals surface area contributed by atoms with E-state index in [4.69, 9.17) is 5.73 Å². The molecule has 0 aliphatic carbocycles. The van der Waals surface area contributed by atoms with E-state index in [2.05, 4.69) is 107 Å². The van der Waals surface area contributed by atoms with E-state index in [9.17, 15) is 26.3 Å². The standard InChI is InChI=1S/C14H30.C13H23NS.C9H7F6N.C5H10.C3H9P.2C2H6/c1-5-9-13(10-6-2)14(11-7-3)12-8-4;1-4-7-11(8-5-2)14-12-9-10-15-13(12)6-3;1-4-2-5(8(10,11)12)7(16)6(3-4)9(13,14)15;1-3-5-4-2;1-3(2)4;2*1-2/h13-14H,5-12H2,1-4H3;9-11,14H,4-8H2,1-3H3;2-3H,16H2,1H3;3,5H,4H2,1-2H3;3H,4H2,1-2H3;2*1-2H3/b;;;5-3+;;;. The number of rotatable bonds is 17. The van der Waals surface area contributed by atoms with E-state index in [1.54, 1.807) is 0 Å². The summed E-state index contributed by atoms with van der Waals surface area (Å²) in [5.74, 6) is 2.04. The molecule has 0 amide bonds. The lowest BCUT2D eigenvalue weighted by molar-refractivity contribution is -0.141. The highest BCUT2D eigenvalue weighted by Gasteiger charge is 2.40. The van der Waals surface area contributed by atoms with Gasteiger partial charge in [0.25, 0.3) is 0 Å². The fourth-order valence-electron chi connectivity index (χ4n) is 6.17. The van der Waals surface area contributed by atoms with Crippen LogP contribution in [0, 0.1) is 18.8 Å². The molecule has 0 bridgehead atoms. The Morgan fingerprint density at radius 2 is 1.03 bits per heavy atom. The highest BCUT2D eigenvalue weighted by atomic mass is 32.1. The second kappa shape index (κ2) is 42.0. The SMILES string of the molecule is C/C=C/CC.CC.CC.CC(C)P.CCCC(CCC)C(CCC)CCC.CCCC(CCC)Nc1ccsc1CC.Cc1cc(C(F)(F)F)c(N)c(C(F)(F)F)c1. The van der Waals surface area contributed by atoms with Gasteiger partial charge in [-0.1, -0.05) is 173 Å². The number of benzene rings is 1. The number of nitrogens with one attached hydrogen (secondary N) is 1. The van der Waals surface area contributed by atoms with E-state index < -0.39 is 29.2 Å². The number of thiophene rings is 1. The minimum absolute atomic E-state index is 0.145. The van der Waals surface area contributed by atoms with Crippen LogP contribution >= 0.6 is 20.6 Å². The Bertz CT molecular complexity index is 1110. The average Bonchev–Trinajstić information content (AvgIpc) is 3.61. The molecule has 1 aromatic heterocycles. The molecule has 2 rings (SSSR count). The highest BCUT2D eigenvalue weighted by Crippen LogP contribution is 2.41. The molecule has 58 heavy (non-hydrogen) atoms. The lowest BCUT2D eigenvalue weighted by Gasteiger charge is -2.26.